The van der Waals surface area contributed by atoms with E-state index in [2.05, 4.69) is 10.6 Å². The molecule has 1 rings (SSSR count). The van der Waals surface area contributed by atoms with Crippen LogP contribution < -0.4 is 10.6 Å². The molecule has 0 bridgehead atoms. The molecule has 2 amide bonds. The van der Waals surface area contributed by atoms with E-state index in [9.17, 15) is 14.4 Å². The van der Waals surface area contributed by atoms with Crippen molar-refractivity contribution in [2.24, 2.45) is 0 Å². The number of carbonyl (C=O) groups is 3. The van der Waals surface area contributed by atoms with E-state index in [1.807, 2.05) is 0 Å². The molecular formula is C13H15ClN2O4. The predicted octanol–water partition coefficient (Wildman–Crippen LogP) is 1.89. The molecule has 6 nitrogen and oxygen atoms in total. The molecule has 0 atom stereocenters. The quantitative estimate of drug-likeness (QED) is 0.747. The van der Waals surface area contributed by atoms with Gasteiger partial charge in [-0.05, 0) is 24.6 Å². The van der Waals surface area contributed by atoms with E-state index in [0.29, 0.717) is 5.69 Å². The minimum Gasteiger partial charge on any atom is -0.481 e. The van der Waals surface area contributed by atoms with Gasteiger partial charge in [-0.2, -0.15) is 0 Å². The number of carboxylic acid groups (broad SMARTS) is 1. The summed E-state index contributed by atoms with van der Waals surface area (Å²) in [5, 5.41) is 13.8. The van der Waals surface area contributed by atoms with Crippen molar-refractivity contribution in [3.05, 3.63) is 28.8 Å². The normalized spacial score (nSPS) is 9.90. The van der Waals surface area contributed by atoms with Crippen LogP contribution in [0.2, 0.25) is 5.02 Å². The molecule has 0 aliphatic carbocycles. The highest BCUT2D eigenvalue weighted by Gasteiger charge is 2.11. The van der Waals surface area contributed by atoms with Crippen LogP contribution in [0, 0.1) is 0 Å². The third-order valence-electron chi connectivity index (χ3n) is 2.52. The maximum Gasteiger partial charge on any atom is 0.303 e. The number of anilines is 1. The molecule has 108 valence electrons. The van der Waals surface area contributed by atoms with E-state index in [1.54, 1.807) is 6.07 Å². The maximum absolute atomic E-state index is 11.6. The molecule has 1 aromatic carbocycles. The highest BCUT2D eigenvalue weighted by Crippen LogP contribution is 2.20. The number of benzene rings is 1. The van der Waals surface area contributed by atoms with Crippen LogP contribution in [0.5, 0.6) is 0 Å². The van der Waals surface area contributed by atoms with Gasteiger partial charge in [-0.15, -0.1) is 0 Å². The summed E-state index contributed by atoms with van der Waals surface area (Å²) in [5.74, 6) is -1.60. The van der Waals surface area contributed by atoms with Crippen molar-refractivity contribution in [3.8, 4) is 0 Å². The number of amides is 2. The molecule has 20 heavy (non-hydrogen) atoms. The second-order valence-electron chi connectivity index (χ2n) is 4.07. The van der Waals surface area contributed by atoms with Gasteiger partial charge in [-0.1, -0.05) is 11.6 Å². The summed E-state index contributed by atoms with van der Waals surface area (Å²) < 4.78 is 0. The number of carboxylic acids is 1. The molecule has 3 N–H and O–H groups in total. The van der Waals surface area contributed by atoms with Crippen molar-refractivity contribution in [3.63, 3.8) is 0 Å². The van der Waals surface area contributed by atoms with E-state index in [0.717, 1.165) is 0 Å². The van der Waals surface area contributed by atoms with Crippen LogP contribution in [0.3, 0.4) is 0 Å². The molecule has 0 spiro atoms. The average molecular weight is 299 g/mol. The second-order valence-corrected chi connectivity index (χ2v) is 4.48. The van der Waals surface area contributed by atoms with E-state index in [1.165, 1.54) is 19.2 Å². The first-order chi connectivity index (χ1) is 9.43. The van der Waals surface area contributed by atoms with E-state index in [4.69, 9.17) is 16.7 Å². The Balaban J connectivity index is 2.66. The SMILES string of the molecule is CNC(=O)c1cc(NC(=O)CCCC(=O)O)ccc1Cl. The van der Waals surface area contributed by atoms with E-state index < -0.39 is 5.97 Å². The van der Waals surface area contributed by atoms with Crippen LogP contribution in [0.1, 0.15) is 29.6 Å². The molecule has 0 saturated heterocycles. The van der Waals surface area contributed by atoms with Gasteiger partial charge in [0.05, 0.1) is 10.6 Å². The number of rotatable bonds is 6. The molecule has 7 heteroatoms. The lowest BCUT2D eigenvalue weighted by Crippen LogP contribution is -2.19. The Hall–Kier alpha value is -2.08. The third kappa shape index (κ3) is 4.89. The van der Waals surface area contributed by atoms with Gasteiger partial charge in [-0.25, -0.2) is 0 Å². The molecule has 0 unspecified atom stereocenters. The van der Waals surface area contributed by atoms with Gasteiger partial charge in [0.2, 0.25) is 5.91 Å². The summed E-state index contributed by atoms with van der Waals surface area (Å²) in [7, 11) is 1.48. The first-order valence-corrected chi connectivity index (χ1v) is 6.35. The molecule has 0 aromatic heterocycles. The summed E-state index contributed by atoms with van der Waals surface area (Å²) in [6.07, 6.45) is 0.304. The summed E-state index contributed by atoms with van der Waals surface area (Å²) in [5.41, 5.74) is 0.700. The van der Waals surface area contributed by atoms with E-state index in [-0.39, 0.29) is 41.7 Å². The Morgan fingerprint density at radius 3 is 2.55 bits per heavy atom. The molecule has 0 fully saturated rings. The lowest BCUT2D eigenvalue weighted by molar-refractivity contribution is -0.137. The Kier molecular flexibility index (Phi) is 5.99. The number of nitrogens with one attached hydrogen (secondary N) is 2. The van der Waals surface area contributed by atoms with Crippen LogP contribution in [0.4, 0.5) is 5.69 Å². The van der Waals surface area contributed by atoms with Gasteiger partial charge in [0, 0.05) is 25.6 Å². The Morgan fingerprint density at radius 1 is 1.25 bits per heavy atom. The number of halogens is 1. The zero-order chi connectivity index (χ0) is 15.1. The van der Waals surface area contributed by atoms with Crippen LogP contribution in [0.25, 0.3) is 0 Å². The van der Waals surface area contributed by atoms with Crippen molar-refractivity contribution in [1.29, 1.82) is 0 Å². The first-order valence-electron chi connectivity index (χ1n) is 5.97. The fraction of sp³-hybridized carbons (Fsp3) is 0.308. The molecule has 0 radical (unpaired) electrons. The van der Waals surface area contributed by atoms with Gasteiger partial charge in [0.1, 0.15) is 0 Å². The van der Waals surface area contributed by atoms with Gasteiger partial charge in [0.15, 0.2) is 0 Å². The molecule has 0 aliphatic rings. The number of hydrogen-bond acceptors (Lipinski definition) is 3. The van der Waals surface area contributed by atoms with Crippen LogP contribution in [-0.2, 0) is 9.59 Å². The lowest BCUT2D eigenvalue weighted by Gasteiger charge is -2.08. The Labute approximate surface area is 121 Å². The fourth-order valence-electron chi connectivity index (χ4n) is 1.54. The number of carbonyl (C=O) groups excluding carboxylic acids is 2. The second kappa shape index (κ2) is 7.49. The molecular weight excluding hydrogens is 284 g/mol. The molecule has 0 heterocycles. The standard InChI is InChI=1S/C13H15ClN2O4/c1-15-13(20)9-7-8(5-6-10(9)14)16-11(17)3-2-4-12(18)19/h5-7H,2-4H2,1H3,(H,15,20)(H,16,17)(H,18,19). The van der Waals surface area contributed by atoms with Crippen LogP contribution >= 0.6 is 11.6 Å². The number of aliphatic carboxylic acids is 1. The van der Waals surface area contributed by atoms with Gasteiger partial charge in [-0.3, -0.25) is 14.4 Å². The van der Waals surface area contributed by atoms with Gasteiger partial charge >= 0.3 is 5.97 Å². The van der Waals surface area contributed by atoms with Crippen molar-refractivity contribution in [2.75, 3.05) is 12.4 Å². The van der Waals surface area contributed by atoms with Gasteiger partial charge < -0.3 is 15.7 Å². The van der Waals surface area contributed by atoms with Crippen LogP contribution in [-0.4, -0.2) is 29.9 Å². The Bertz CT molecular complexity index is 531. The van der Waals surface area contributed by atoms with Crippen LogP contribution in [0.15, 0.2) is 18.2 Å². The smallest absolute Gasteiger partial charge is 0.303 e. The zero-order valence-electron chi connectivity index (χ0n) is 10.9. The minimum absolute atomic E-state index is 0.0580. The highest BCUT2D eigenvalue weighted by molar-refractivity contribution is 6.34. The summed E-state index contributed by atoms with van der Waals surface area (Å²) in [4.78, 5) is 33.5. The predicted molar refractivity (Wildman–Crippen MR) is 75.0 cm³/mol. The Morgan fingerprint density at radius 2 is 1.95 bits per heavy atom. The van der Waals surface area contributed by atoms with Crippen molar-refractivity contribution in [2.45, 2.75) is 19.3 Å². The third-order valence-corrected chi connectivity index (χ3v) is 2.85. The monoisotopic (exact) mass is 298 g/mol. The molecule has 1 aromatic rings. The largest absolute Gasteiger partial charge is 0.481 e. The summed E-state index contributed by atoms with van der Waals surface area (Å²) >= 11 is 5.89. The molecule has 0 saturated carbocycles. The molecule has 0 aliphatic heterocycles. The fourth-order valence-corrected chi connectivity index (χ4v) is 1.74. The number of hydrogen-bond donors (Lipinski definition) is 3. The van der Waals surface area contributed by atoms with E-state index >= 15 is 0 Å². The zero-order valence-corrected chi connectivity index (χ0v) is 11.7. The van der Waals surface area contributed by atoms with Crippen molar-refractivity contribution >= 4 is 35.1 Å². The maximum atomic E-state index is 11.6. The highest BCUT2D eigenvalue weighted by atomic mass is 35.5. The van der Waals surface area contributed by atoms with Gasteiger partial charge in [0.25, 0.3) is 5.91 Å². The minimum atomic E-state index is -0.939. The first kappa shape index (κ1) is 16.0. The van der Waals surface area contributed by atoms with Crippen molar-refractivity contribution < 1.29 is 19.5 Å². The van der Waals surface area contributed by atoms with Crippen molar-refractivity contribution in [1.82, 2.24) is 5.32 Å². The topological polar surface area (TPSA) is 95.5 Å². The average Bonchev–Trinajstić information content (AvgIpc) is 2.39. The summed E-state index contributed by atoms with van der Waals surface area (Å²) in [6, 6.07) is 4.55. The summed E-state index contributed by atoms with van der Waals surface area (Å²) in [6.45, 7) is 0. The lowest BCUT2D eigenvalue weighted by atomic mass is 10.1.